The number of methoxy groups -OCH3 is 1. The standard InChI is InChI=1S/C15H22N4O4S/c1-22-7-14(21)17-15-11-8-24-9-12(11)18-19(15)6-13(20)16-5-10-3-2-4-23-10/h10H,2-9H2,1H3,(H,16,20)(H,17,21)/t10-/m0/s1. The van der Waals surface area contributed by atoms with Gasteiger partial charge in [-0.15, -0.1) is 0 Å². The van der Waals surface area contributed by atoms with Crippen molar-refractivity contribution in [1.82, 2.24) is 15.1 Å². The summed E-state index contributed by atoms with van der Waals surface area (Å²) in [6, 6.07) is 0. The molecule has 0 saturated carbocycles. The lowest BCUT2D eigenvalue weighted by atomic mass is 10.2. The van der Waals surface area contributed by atoms with E-state index in [0.29, 0.717) is 12.4 Å². The number of carbonyl (C=O) groups excluding carboxylic acids is 2. The van der Waals surface area contributed by atoms with Gasteiger partial charge in [0.05, 0.1) is 11.8 Å². The molecule has 0 aliphatic carbocycles. The molecule has 1 aromatic rings. The molecule has 9 heteroatoms. The molecular formula is C15H22N4O4S. The van der Waals surface area contributed by atoms with Crippen molar-refractivity contribution in [2.75, 3.05) is 32.2 Å². The fourth-order valence-electron chi connectivity index (χ4n) is 2.84. The Morgan fingerprint density at radius 3 is 3.04 bits per heavy atom. The van der Waals surface area contributed by atoms with Gasteiger partial charge in [-0.05, 0) is 12.8 Å². The van der Waals surface area contributed by atoms with Gasteiger partial charge in [0.15, 0.2) is 0 Å². The molecular weight excluding hydrogens is 332 g/mol. The zero-order chi connectivity index (χ0) is 16.9. The first-order chi connectivity index (χ1) is 11.7. The SMILES string of the molecule is COCC(=O)Nc1c2c(nn1CC(=O)NC[C@@H]1CCCO1)CSC2. The normalized spacial score (nSPS) is 19.3. The number of nitrogens with zero attached hydrogens (tertiary/aromatic N) is 2. The molecule has 8 nitrogen and oxygen atoms in total. The summed E-state index contributed by atoms with van der Waals surface area (Å²) in [5.41, 5.74) is 1.93. The molecule has 2 N–H and O–H groups in total. The Kier molecular flexibility index (Phi) is 5.75. The molecule has 1 aromatic heterocycles. The van der Waals surface area contributed by atoms with E-state index in [0.717, 1.165) is 42.2 Å². The predicted octanol–water partition coefficient (Wildman–Crippen LogP) is 0.510. The van der Waals surface area contributed by atoms with Crippen LogP contribution in [0.25, 0.3) is 0 Å². The Bertz CT molecular complexity index is 613. The van der Waals surface area contributed by atoms with Crippen molar-refractivity contribution in [1.29, 1.82) is 0 Å². The Hall–Kier alpha value is -1.58. The van der Waals surface area contributed by atoms with Crippen molar-refractivity contribution in [3.63, 3.8) is 0 Å². The Balaban J connectivity index is 1.63. The molecule has 24 heavy (non-hydrogen) atoms. The number of ether oxygens (including phenoxy) is 2. The third kappa shape index (κ3) is 4.08. The summed E-state index contributed by atoms with van der Waals surface area (Å²) in [5, 5.41) is 10.2. The summed E-state index contributed by atoms with van der Waals surface area (Å²) in [5.74, 6) is 1.80. The molecule has 0 radical (unpaired) electrons. The number of thioether (sulfide) groups is 1. The van der Waals surface area contributed by atoms with Gasteiger partial charge in [-0.1, -0.05) is 0 Å². The summed E-state index contributed by atoms with van der Waals surface area (Å²) in [4.78, 5) is 24.0. The van der Waals surface area contributed by atoms with Crippen LogP contribution in [0.15, 0.2) is 0 Å². The van der Waals surface area contributed by atoms with E-state index in [4.69, 9.17) is 9.47 Å². The molecule has 0 spiro atoms. The van der Waals surface area contributed by atoms with E-state index in [1.165, 1.54) is 7.11 Å². The first-order valence-corrected chi connectivity index (χ1v) is 9.16. The van der Waals surface area contributed by atoms with Crippen molar-refractivity contribution >= 4 is 29.4 Å². The van der Waals surface area contributed by atoms with Crippen molar-refractivity contribution in [2.24, 2.45) is 0 Å². The van der Waals surface area contributed by atoms with E-state index in [2.05, 4.69) is 15.7 Å². The monoisotopic (exact) mass is 354 g/mol. The number of anilines is 1. The van der Waals surface area contributed by atoms with Crippen LogP contribution in [-0.2, 0) is 37.1 Å². The first-order valence-electron chi connectivity index (χ1n) is 8.00. The van der Waals surface area contributed by atoms with Crippen LogP contribution >= 0.6 is 11.8 Å². The van der Waals surface area contributed by atoms with Crippen molar-refractivity contribution in [3.05, 3.63) is 11.3 Å². The van der Waals surface area contributed by atoms with Gasteiger partial charge in [-0.2, -0.15) is 16.9 Å². The van der Waals surface area contributed by atoms with E-state index in [1.807, 2.05) is 0 Å². The average molecular weight is 354 g/mol. The minimum Gasteiger partial charge on any atom is -0.376 e. The second kappa shape index (κ2) is 8.00. The van der Waals surface area contributed by atoms with Gasteiger partial charge < -0.3 is 20.1 Å². The van der Waals surface area contributed by atoms with E-state index in [-0.39, 0.29) is 31.1 Å². The van der Waals surface area contributed by atoms with Crippen LogP contribution in [0.4, 0.5) is 5.82 Å². The smallest absolute Gasteiger partial charge is 0.251 e. The molecule has 1 fully saturated rings. The molecule has 2 aliphatic rings. The highest BCUT2D eigenvalue weighted by Gasteiger charge is 2.25. The number of hydrogen-bond acceptors (Lipinski definition) is 6. The van der Waals surface area contributed by atoms with Gasteiger partial charge in [0, 0.05) is 37.3 Å². The number of nitrogens with one attached hydrogen (secondary N) is 2. The largest absolute Gasteiger partial charge is 0.376 e. The highest BCUT2D eigenvalue weighted by Crippen LogP contribution is 2.34. The third-order valence-electron chi connectivity index (χ3n) is 4.00. The van der Waals surface area contributed by atoms with E-state index in [9.17, 15) is 9.59 Å². The van der Waals surface area contributed by atoms with Gasteiger partial charge in [0.1, 0.15) is 19.0 Å². The zero-order valence-electron chi connectivity index (χ0n) is 13.7. The average Bonchev–Trinajstić information content (AvgIpc) is 3.26. The second-order valence-corrected chi connectivity index (χ2v) is 6.83. The maximum Gasteiger partial charge on any atom is 0.251 e. The van der Waals surface area contributed by atoms with Crippen molar-refractivity contribution < 1.29 is 19.1 Å². The molecule has 3 heterocycles. The quantitative estimate of drug-likeness (QED) is 0.741. The van der Waals surface area contributed by atoms with Gasteiger partial charge in [0.25, 0.3) is 5.91 Å². The van der Waals surface area contributed by atoms with E-state index < -0.39 is 0 Å². The van der Waals surface area contributed by atoms with Crippen LogP contribution in [0.3, 0.4) is 0 Å². The van der Waals surface area contributed by atoms with Gasteiger partial charge in [-0.25, -0.2) is 4.68 Å². The highest BCUT2D eigenvalue weighted by molar-refractivity contribution is 7.98. The molecule has 132 valence electrons. The molecule has 1 atom stereocenters. The van der Waals surface area contributed by atoms with Gasteiger partial charge >= 0.3 is 0 Å². The van der Waals surface area contributed by atoms with Crippen LogP contribution in [-0.4, -0.2) is 54.6 Å². The Labute approximate surface area is 144 Å². The van der Waals surface area contributed by atoms with Crippen molar-refractivity contribution in [2.45, 2.75) is 37.0 Å². The minimum absolute atomic E-state index is 0.0295. The molecule has 0 aromatic carbocycles. The molecule has 1 saturated heterocycles. The van der Waals surface area contributed by atoms with Crippen molar-refractivity contribution in [3.8, 4) is 0 Å². The summed E-state index contributed by atoms with van der Waals surface area (Å²) in [6.45, 7) is 1.33. The minimum atomic E-state index is -0.252. The maximum absolute atomic E-state index is 12.2. The second-order valence-electron chi connectivity index (χ2n) is 5.84. The number of aromatic nitrogens is 2. The lowest BCUT2D eigenvalue weighted by Crippen LogP contribution is -2.34. The molecule has 0 bridgehead atoms. The topological polar surface area (TPSA) is 94.5 Å². The molecule has 2 aliphatic heterocycles. The van der Waals surface area contributed by atoms with Crippen LogP contribution < -0.4 is 10.6 Å². The third-order valence-corrected chi connectivity index (χ3v) is 4.97. The number of amides is 2. The number of rotatable bonds is 7. The molecule has 0 unspecified atom stereocenters. The van der Waals surface area contributed by atoms with E-state index >= 15 is 0 Å². The highest BCUT2D eigenvalue weighted by atomic mass is 32.2. The van der Waals surface area contributed by atoms with Crippen LogP contribution in [0.5, 0.6) is 0 Å². The van der Waals surface area contributed by atoms with Crippen LogP contribution in [0.2, 0.25) is 0 Å². The Morgan fingerprint density at radius 1 is 1.42 bits per heavy atom. The Morgan fingerprint density at radius 2 is 2.29 bits per heavy atom. The zero-order valence-corrected chi connectivity index (χ0v) is 14.5. The van der Waals surface area contributed by atoms with Crippen LogP contribution in [0.1, 0.15) is 24.1 Å². The summed E-state index contributed by atoms with van der Waals surface area (Å²) in [6.07, 6.45) is 2.12. The lowest BCUT2D eigenvalue weighted by Gasteiger charge is -2.13. The fourth-order valence-corrected chi connectivity index (χ4v) is 3.88. The first kappa shape index (κ1) is 17.2. The number of fused-ring (bicyclic) bond motifs is 1. The maximum atomic E-state index is 12.2. The molecule has 3 rings (SSSR count). The summed E-state index contributed by atoms with van der Waals surface area (Å²) < 4.78 is 11.9. The number of hydrogen-bond donors (Lipinski definition) is 2. The van der Waals surface area contributed by atoms with Gasteiger partial charge in [0.2, 0.25) is 5.91 Å². The lowest BCUT2D eigenvalue weighted by molar-refractivity contribution is -0.122. The summed E-state index contributed by atoms with van der Waals surface area (Å²) in [7, 11) is 1.47. The fraction of sp³-hybridized carbons (Fsp3) is 0.667. The van der Waals surface area contributed by atoms with Crippen LogP contribution in [0, 0.1) is 0 Å². The van der Waals surface area contributed by atoms with Gasteiger partial charge in [-0.3, -0.25) is 9.59 Å². The van der Waals surface area contributed by atoms with E-state index in [1.54, 1.807) is 16.4 Å². The number of carbonyl (C=O) groups is 2. The predicted molar refractivity (Wildman–Crippen MR) is 89.7 cm³/mol. The molecule has 2 amide bonds. The summed E-state index contributed by atoms with van der Waals surface area (Å²) >= 11 is 1.74.